The summed E-state index contributed by atoms with van der Waals surface area (Å²) in [5.41, 5.74) is 4.25. The van der Waals surface area contributed by atoms with Gasteiger partial charge in [0.1, 0.15) is 13.6 Å². The first kappa shape index (κ1) is 10.9. The zero-order valence-corrected chi connectivity index (χ0v) is 10.4. The van der Waals surface area contributed by atoms with Gasteiger partial charge in [-0.1, -0.05) is 17.6 Å². The second kappa shape index (κ2) is 4.21. The number of carbonyl (C=O) groups excluding carboxylic acids is 1. The lowest BCUT2D eigenvalue weighted by molar-refractivity contribution is -0.120. The Hall–Kier alpha value is -1.25. The normalized spacial score (nSPS) is 20.7. The molecule has 88 valence electrons. The Morgan fingerprint density at radius 2 is 1.94 bits per heavy atom. The van der Waals surface area contributed by atoms with E-state index in [1.807, 2.05) is 0 Å². The molecule has 0 saturated heterocycles. The van der Waals surface area contributed by atoms with Crippen LogP contribution in [0.25, 0.3) is 0 Å². The van der Waals surface area contributed by atoms with E-state index in [1.54, 1.807) is 0 Å². The summed E-state index contributed by atoms with van der Waals surface area (Å²) in [7, 11) is 2.15. The SMILES string of the molecule is Bc1ccc2c(c1)CCN2C1CCC(=O)CC1. The second-order valence-electron chi connectivity index (χ2n) is 5.35. The van der Waals surface area contributed by atoms with Crippen LogP contribution in [0.2, 0.25) is 0 Å². The van der Waals surface area contributed by atoms with Crippen molar-refractivity contribution in [2.75, 3.05) is 11.4 Å². The van der Waals surface area contributed by atoms with E-state index in [1.165, 1.54) is 23.1 Å². The van der Waals surface area contributed by atoms with E-state index in [-0.39, 0.29) is 0 Å². The van der Waals surface area contributed by atoms with E-state index in [0.717, 1.165) is 32.2 Å². The quantitative estimate of drug-likeness (QED) is 0.662. The Morgan fingerprint density at radius 3 is 2.71 bits per heavy atom. The van der Waals surface area contributed by atoms with Crippen molar-refractivity contribution in [3.8, 4) is 0 Å². The Morgan fingerprint density at radius 1 is 1.18 bits per heavy atom. The van der Waals surface area contributed by atoms with E-state index in [4.69, 9.17) is 0 Å². The van der Waals surface area contributed by atoms with Gasteiger partial charge in [0.05, 0.1) is 0 Å². The molecule has 17 heavy (non-hydrogen) atoms. The third-order valence-electron chi connectivity index (χ3n) is 4.12. The van der Waals surface area contributed by atoms with Crippen LogP contribution < -0.4 is 10.4 Å². The van der Waals surface area contributed by atoms with Gasteiger partial charge in [-0.2, -0.15) is 0 Å². The standard InChI is InChI=1S/C14H18BNO/c15-11-1-6-14-10(9-11)7-8-16(14)12-2-4-13(17)5-3-12/h1,6,9,12H,2-5,7-8,15H2. The lowest BCUT2D eigenvalue weighted by Crippen LogP contribution is -2.37. The lowest BCUT2D eigenvalue weighted by Gasteiger charge is -2.32. The van der Waals surface area contributed by atoms with Crippen LogP contribution >= 0.6 is 0 Å². The number of Topliss-reactive ketones (excluding diaryl/α,β-unsaturated/α-hetero) is 1. The largest absolute Gasteiger partial charge is 0.368 e. The third kappa shape index (κ3) is 1.99. The summed E-state index contributed by atoms with van der Waals surface area (Å²) in [5.74, 6) is 0.449. The molecule has 0 unspecified atom stereocenters. The molecule has 1 aromatic carbocycles. The monoisotopic (exact) mass is 227 g/mol. The topological polar surface area (TPSA) is 20.3 Å². The highest BCUT2D eigenvalue weighted by Gasteiger charge is 2.28. The summed E-state index contributed by atoms with van der Waals surface area (Å²) in [4.78, 5) is 13.8. The van der Waals surface area contributed by atoms with Crippen molar-refractivity contribution in [2.45, 2.75) is 38.1 Å². The molecule has 0 N–H and O–H groups in total. The van der Waals surface area contributed by atoms with Crippen LogP contribution in [0.3, 0.4) is 0 Å². The fraction of sp³-hybridized carbons (Fsp3) is 0.500. The van der Waals surface area contributed by atoms with Crippen molar-refractivity contribution in [2.24, 2.45) is 0 Å². The molecule has 3 rings (SSSR count). The van der Waals surface area contributed by atoms with Crippen molar-refractivity contribution in [3.63, 3.8) is 0 Å². The minimum atomic E-state index is 0.449. The first-order chi connectivity index (χ1) is 8.24. The van der Waals surface area contributed by atoms with Gasteiger partial charge >= 0.3 is 0 Å². The highest BCUT2D eigenvalue weighted by Crippen LogP contribution is 2.32. The van der Waals surface area contributed by atoms with Gasteiger partial charge in [0.15, 0.2) is 0 Å². The minimum Gasteiger partial charge on any atom is -0.368 e. The van der Waals surface area contributed by atoms with Crippen molar-refractivity contribution in [1.29, 1.82) is 0 Å². The molecule has 1 fully saturated rings. The summed E-state index contributed by atoms with van der Waals surface area (Å²) in [6.45, 7) is 1.14. The highest BCUT2D eigenvalue weighted by molar-refractivity contribution is 6.32. The van der Waals surface area contributed by atoms with Gasteiger partial charge in [-0.25, -0.2) is 0 Å². The zero-order chi connectivity index (χ0) is 11.8. The number of rotatable bonds is 1. The van der Waals surface area contributed by atoms with Gasteiger partial charge in [0, 0.05) is 31.1 Å². The number of nitrogens with zero attached hydrogens (tertiary/aromatic N) is 1. The maximum atomic E-state index is 11.3. The van der Waals surface area contributed by atoms with E-state index in [2.05, 4.69) is 30.9 Å². The number of benzene rings is 1. The number of anilines is 1. The highest BCUT2D eigenvalue weighted by atomic mass is 16.1. The van der Waals surface area contributed by atoms with E-state index >= 15 is 0 Å². The zero-order valence-electron chi connectivity index (χ0n) is 10.4. The van der Waals surface area contributed by atoms with Gasteiger partial charge in [-0.05, 0) is 30.9 Å². The van der Waals surface area contributed by atoms with E-state index < -0.39 is 0 Å². The maximum Gasteiger partial charge on any atom is 0.139 e. The Balaban J connectivity index is 1.81. The predicted molar refractivity (Wildman–Crippen MR) is 72.9 cm³/mol. The van der Waals surface area contributed by atoms with Gasteiger partial charge < -0.3 is 4.90 Å². The molecular weight excluding hydrogens is 209 g/mol. The Labute approximate surface area is 103 Å². The van der Waals surface area contributed by atoms with Crippen LogP contribution in [0, 0.1) is 0 Å². The third-order valence-corrected chi connectivity index (χ3v) is 4.12. The molecule has 1 heterocycles. The van der Waals surface area contributed by atoms with Crippen LogP contribution in [0.5, 0.6) is 0 Å². The first-order valence-corrected chi connectivity index (χ1v) is 6.62. The summed E-state index contributed by atoms with van der Waals surface area (Å²) in [6, 6.07) is 7.36. The van der Waals surface area contributed by atoms with Crippen molar-refractivity contribution >= 4 is 24.8 Å². The van der Waals surface area contributed by atoms with Gasteiger partial charge in [0.2, 0.25) is 0 Å². The van der Waals surface area contributed by atoms with E-state index in [9.17, 15) is 4.79 Å². The molecule has 0 radical (unpaired) electrons. The van der Waals surface area contributed by atoms with Crippen LogP contribution in [-0.4, -0.2) is 26.2 Å². The molecule has 3 heteroatoms. The molecule has 1 saturated carbocycles. The van der Waals surface area contributed by atoms with Crippen molar-refractivity contribution < 1.29 is 4.79 Å². The van der Waals surface area contributed by atoms with Crippen LogP contribution in [-0.2, 0) is 11.2 Å². The number of carbonyl (C=O) groups is 1. The molecule has 0 amide bonds. The summed E-state index contributed by atoms with van der Waals surface area (Å²) >= 11 is 0. The van der Waals surface area contributed by atoms with E-state index in [0.29, 0.717) is 11.8 Å². The molecule has 1 aliphatic carbocycles. The average Bonchev–Trinajstić information content (AvgIpc) is 2.73. The molecule has 0 atom stereocenters. The van der Waals surface area contributed by atoms with Gasteiger partial charge in [-0.3, -0.25) is 4.79 Å². The van der Waals surface area contributed by atoms with Crippen LogP contribution in [0.4, 0.5) is 5.69 Å². The van der Waals surface area contributed by atoms with Crippen molar-refractivity contribution in [3.05, 3.63) is 23.8 Å². The molecule has 1 aromatic rings. The van der Waals surface area contributed by atoms with Crippen LogP contribution in [0.15, 0.2) is 18.2 Å². The number of ketones is 1. The molecule has 0 spiro atoms. The maximum absolute atomic E-state index is 11.3. The summed E-state index contributed by atoms with van der Waals surface area (Å²) < 4.78 is 0. The molecule has 0 aromatic heterocycles. The molecule has 2 nitrogen and oxygen atoms in total. The summed E-state index contributed by atoms with van der Waals surface area (Å²) in [5, 5.41) is 0. The van der Waals surface area contributed by atoms with Gasteiger partial charge in [0.25, 0.3) is 0 Å². The molecule has 0 bridgehead atoms. The number of hydrogen-bond acceptors (Lipinski definition) is 2. The predicted octanol–water partition coefficient (Wildman–Crippen LogP) is 0.819. The van der Waals surface area contributed by atoms with Crippen LogP contribution in [0.1, 0.15) is 31.2 Å². The summed E-state index contributed by atoms with van der Waals surface area (Å²) in [6.07, 6.45) is 4.82. The molecule has 2 aliphatic rings. The fourth-order valence-corrected chi connectivity index (χ4v) is 3.17. The first-order valence-electron chi connectivity index (χ1n) is 6.62. The fourth-order valence-electron chi connectivity index (χ4n) is 3.17. The van der Waals surface area contributed by atoms with Crippen molar-refractivity contribution in [1.82, 2.24) is 0 Å². The molecular formula is C14H18BNO. The number of fused-ring (bicyclic) bond motifs is 1. The minimum absolute atomic E-state index is 0.449. The Bertz CT molecular complexity index is 448. The lowest BCUT2D eigenvalue weighted by atomic mass is 9.92. The Kier molecular flexibility index (Phi) is 2.69. The average molecular weight is 227 g/mol. The van der Waals surface area contributed by atoms with Gasteiger partial charge in [-0.15, -0.1) is 0 Å². The molecule has 1 aliphatic heterocycles. The smallest absolute Gasteiger partial charge is 0.139 e. The second-order valence-corrected chi connectivity index (χ2v) is 5.35. The number of hydrogen-bond donors (Lipinski definition) is 0.